The summed E-state index contributed by atoms with van der Waals surface area (Å²) >= 11 is 1.60. The summed E-state index contributed by atoms with van der Waals surface area (Å²) < 4.78 is 3.93. The zero-order chi connectivity index (χ0) is 31.1. The van der Waals surface area contributed by atoms with Crippen LogP contribution >= 0.6 is 11.8 Å². The number of benzene rings is 1. The molecule has 5 aliphatic rings. The molecule has 0 aromatic heterocycles. The van der Waals surface area contributed by atoms with Gasteiger partial charge in [-0.2, -0.15) is 0 Å². The Hall–Kier alpha value is -2.66. The molecule has 3 amide bonds. The number of nitrogens with zero attached hydrogens (tertiary/aromatic N) is 4. The van der Waals surface area contributed by atoms with E-state index in [2.05, 4.69) is 43.9 Å². The second-order valence-corrected chi connectivity index (χ2v) is 15.2. The number of hydrogen-bond donors (Lipinski definition) is 1. The van der Waals surface area contributed by atoms with Gasteiger partial charge in [0.05, 0.1) is 42.4 Å². The van der Waals surface area contributed by atoms with Crippen molar-refractivity contribution < 1.29 is 24.2 Å². The van der Waals surface area contributed by atoms with Gasteiger partial charge >= 0.3 is 0 Å². The van der Waals surface area contributed by atoms with E-state index < -0.39 is 33.4 Å². The van der Waals surface area contributed by atoms with Crippen LogP contribution in [0.4, 0.5) is 0 Å². The summed E-state index contributed by atoms with van der Waals surface area (Å²) in [6.07, 6.45) is 8.84. The highest BCUT2D eigenvalue weighted by Gasteiger charge is 2.74. The Morgan fingerprint density at radius 2 is 1.64 bits per heavy atom. The van der Waals surface area contributed by atoms with Gasteiger partial charge in [-0.15, -0.1) is 11.8 Å². The summed E-state index contributed by atoms with van der Waals surface area (Å²) in [4.78, 5) is 51.8. The molecule has 1 N–H and O–H groups in total. The molecule has 44 heavy (non-hydrogen) atoms. The van der Waals surface area contributed by atoms with Crippen LogP contribution in [0.5, 0.6) is 0 Å². The number of hydrogen-bond acceptors (Lipinski definition) is 7. The standard InChI is InChI=1S/C34H46N4O5S/c1-24(2)21-26(23-39)38-29-32(42)36(16-15-35-17-19-43-20-18-35)13-8-12-34(29)28(31(38)41)27-30(40)37(14-7-11-33(27,3)44-34)22-25-9-5-4-6-10-25/h4-12,24,26-29,39H,13-23H2,1-3H3/t26-,27-,28+,29?,33+,34+/m1/s1. The number of morpholine rings is 1. The Morgan fingerprint density at radius 3 is 2.34 bits per heavy atom. The van der Waals surface area contributed by atoms with Gasteiger partial charge in [-0.1, -0.05) is 68.5 Å². The molecule has 6 atom stereocenters. The molecular weight excluding hydrogens is 576 g/mol. The van der Waals surface area contributed by atoms with Gasteiger partial charge in [-0.25, -0.2) is 0 Å². The molecule has 0 aliphatic carbocycles. The number of fused-ring (bicyclic) bond motifs is 2. The van der Waals surface area contributed by atoms with Crippen LogP contribution in [-0.4, -0.2) is 123 Å². The summed E-state index contributed by atoms with van der Waals surface area (Å²) in [6.45, 7) is 11.7. The monoisotopic (exact) mass is 622 g/mol. The molecule has 1 spiro atoms. The maximum absolute atomic E-state index is 14.8. The Bertz CT molecular complexity index is 1300. The number of rotatable bonds is 9. The van der Waals surface area contributed by atoms with Gasteiger partial charge in [0.1, 0.15) is 6.04 Å². The molecule has 238 valence electrons. The van der Waals surface area contributed by atoms with E-state index in [4.69, 9.17) is 4.74 Å². The minimum atomic E-state index is -0.915. The lowest BCUT2D eigenvalue weighted by molar-refractivity contribution is -0.147. The third kappa shape index (κ3) is 5.52. The van der Waals surface area contributed by atoms with Crippen LogP contribution in [0.2, 0.25) is 0 Å². The van der Waals surface area contributed by atoms with E-state index in [0.717, 1.165) is 25.2 Å². The molecule has 10 heteroatoms. The lowest BCUT2D eigenvalue weighted by atomic mass is 9.74. The van der Waals surface area contributed by atoms with E-state index in [1.54, 1.807) is 16.7 Å². The molecule has 1 aromatic rings. The molecule has 0 saturated carbocycles. The summed E-state index contributed by atoms with van der Waals surface area (Å²) in [5.41, 5.74) is 1.04. The predicted molar refractivity (Wildman–Crippen MR) is 171 cm³/mol. The fourth-order valence-electron chi connectivity index (χ4n) is 8.01. The normalized spacial score (nSPS) is 33.0. The van der Waals surface area contributed by atoms with Crippen molar-refractivity contribution in [2.24, 2.45) is 17.8 Å². The first-order chi connectivity index (χ1) is 21.2. The molecule has 5 heterocycles. The van der Waals surface area contributed by atoms with Crippen molar-refractivity contribution in [1.82, 2.24) is 19.6 Å². The zero-order valence-electron chi connectivity index (χ0n) is 26.1. The van der Waals surface area contributed by atoms with Crippen molar-refractivity contribution in [3.63, 3.8) is 0 Å². The maximum atomic E-state index is 14.8. The SMILES string of the molecule is CC(C)C[C@H](CO)N1C(=O)[C@@H]2[C@@H]3C(=O)N(Cc4ccccc4)CC=C[C@]3(C)S[C@@]23C=CCN(CCN2CCOCC2)C(=O)C13. The lowest BCUT2D eigenvalue weighted by Gasteiger charge is -2.40. The number of amides is 3. The average Bonchev–Trinajstić information content (AvgIpc) is 3.30. The topological polar surface area (TPSA) is 93.6 Å². The first kappa shape index (κ1) is 31.3. The van der Waals surface area contributed by atoms with Gasteiger partial charge in [0, 0.05) is 50.6 Å². The van der Waals surface area contributed by atoms with Crippen LogP contribution in [-0.2, 0) is 25.7 Å². The van der Waals surface area contributed by atoms with Gasteiger partial charge in [-0.3, -0.25) is 19.3 Å². The Morgan fingerprint density at radius 1 is 0.932 bits per heavy atom. The van der Waals surface area contributed by atoms with Crippen LogP contribution in [0.3, 0.4) is 0 Å². The van der Waals surface area contributed by atoms with Crippen LogP contribution in [0.1, 0.15) is 32.8 Å². The number of aliphatic hydroxyl groups is 1. The molecule has 3 saturated heterocycles. The number of thioether (sulfide) groups is 1. The fraction of sp³-hybridized carbons (Fsp3) is 0.618. The highest BCUT2D eigenvalue weighted by molar-refractivity contribution is 8.02. The van der Waals surface area contributed by atoms with Crippen LogP contribution in [0.25, 0.3) is 0 Å². The lowest BCUT2D eigenvalue weighted by Crippen LogP contribution is -2.57. The Labute approximate surface area is 265 Å². The molecule has 1 unspecified atom stereocenters. The predicted octanol–water partition coefficient (Wildman–Crippen LogP) is 2.41. The second kappa shape index (κ2) is 12.6. The molecular formula is C34H46N4O5S. The van der Waals surface area contributed by atoms with Crippen molar-refractivity contribution in [2.45, 2.75) is 55.3 Å². The van der Waals surface area contributed by atoms with Gasteiger partial charge in [0.25, 0.3) is 0 Å². The number of carbonyl (C=O) groups is 3. The first-order valence-electron chi connectivity index (χ1n) is 16.1. The van der Waals surface area contributed by atoms with Crippen LogP contribution in [0, 0.1) is 17.8 Å². The van der Waals surface area contributed by atoms with Crippen molar-refractivity contribution in [3.05, 3.63) is 60.2 Å². The molecule has 0 bridgehead atoms. The van der Waals surface area contributed by atoms with E-state index in [9.17, 15) is 19.5 Å². The summed E-state index contributed by atoms with van der Waals surface area (Å²) in [7, 11) is 0. The van der Waals surface area contributed by atoms with Gasteiger partial charge in [0.15, 0.2) is 0 Å². The second-order valence-electron chi connectivity index (χ2n) is 13.5. The largest absolute Gasteiger partial charge is 0.394 e. The van der Waals surface area contributed by atoms with Crippen molar-refractivity contribution in [1.29, 1.82) is 0 Å². The number of likely N-dealkylation sites (tertiary alicyclic amines) is 1. The van der Waals surface area contributed by atoms with E-state index >= 15 is 0 Å². The Balaban J connectivity index is 1.37. The minimum absolute atomic E-state index is 0.0524. The zero-order valence-corrected chi connectivity index (χ0v) is 27.0. The van der Waals surface area contributed by atoms with E-state index in [1.807, 2.05) is 46.2 Å². The average molecular weight is 623 g/mol. The molecule has 3 fully saturated rings. The van der Waals surface area contributed by atoms with Gasteiger partial charge in [-0.05, 0) is 24.8 Å². The highest BCUT2D eigenvalue weighted by atomic mass is 32.2. The quantitative estimate of drug-likeness (QED) is 0.423. The van der Waals surface area contributed by atoms with Crippen molar-refractivity contribution >= 4 is 29.5 Å². The highest BCUT2D eigenvalue weighted by Crippen LogP contribution is 2.66. The van der Waals surface area contributed by atoms with Crippen molar-refractivity contribution in [2.75, 3.05) is 59.1 Å². The third-order valence-electron chi connectivity index (χ3n) is 10.0. The first-order valence-corrected chi connectivity index (χ1v) is 16.9. The maximum Gasteiger partial charge on any atom is 0.247 e. The van der Waals surface area contributed by atoms with E-state index in [0.29, 0.717) is 45.8 Å². The molecule has 9 nitrogen and oxygen atoms in total. The van der Waals surface area contributed by atoms with Gasteiger partial charge in [0.2, 0.25) is 17.7 Å². The number of carbonyl (C=O) groups excluding carboxylic acids is 3. The smallest absolute Gasteiger partial charge is 0.247 e. The summed E-state index contributed by atoms with van der Waals surface area (Å²) in [5.74, 6) is -1.46. The van der Waals surface area contributed by atoms with E-state index in [-0.39, 0.29) is 30.2 Å². The van der Waals surface area contributed by atoms with Crippen LogP contribution < -0.4 is 0 Å². The number of aliphatic hydroxyl groups excluding tert-OH is 1. The third-order valence-corrected chi connectivity index (χ3v) is 11.8. The fourth-order valence-corrected chi connectivity index (χ4v) is 10.1. The Kier molecular flexibility index (Phi) is 8.98. The van der Waals surface area contributed by atoms with Crippen molar-refractivity contribution in [3.8, 4) is 0 Å². The molecule has 0 radical (unpaired) electrons. The summed E-state index contributed by atoms with van der Waals surface area (Å²) in [5, 5.41) is 10.6. The molecule has 5 aliphatic heterocycles. The number of ether oxygens (including phenoxy) is 1. The molecule has 1 aromatic carbocycles. The van der Waals surface area contributed by atoms with Gasteiger partial charge < -0.3 is 24.5 Å². The molecule has 6 rings (SSSR count). The minimum Gasteiger partial charge on any atom is -0.394 e. The summed E-state index contributed by atoms with van der Waals surface area (Å²) in [6, 6.07) is 8.63. The van der Waals surface area contributed by atoms with E-state index in [1.165, 1.54) is 0 Å². The van der Waals surface area contributed by atoms with Crippen LogP contribution in [0.15, 0.2) is 54.6 Å².